The number of aliphatic imine (C=N–C) groups is 1. The second-order valence-electron chi connectivity index (χ2n) is 5.35. The lowest BCUT2D eigenvalue weighted by molar-refractivity contribution is -0.141. The Bertz CT molecular complexity index is 930. The zero-order valence-corrected chi connectivity index (χ0v) is 13.5. The van der Waals surface area contributed by atoms with E-state index in [9.17, 15) is 9.90 Å². The number of amidine groups is 1. The van der Waals surface area contributed by atoms with Gasteiger partial charge in [-0.2, -0.15) is 15.1 Å². The second-order valence-corrected chi connectivity index (χ2v) is 5.35. The highest BCUT2D eigenvalue weighted by Gasteiger charge is 2.23. The van der Waals surface area contributed by atoms with Gasteiger partial charge in [0.25, 0.3) is 0 Å². The lowest BCUT2D eigenvalue weighted by Gasteiger charge is -2.12. The van der Waals surface area contributed by atoms with Gasteiger partial charge in [-0.05, 0) is 18.6 Å². The molecule has 0 fully saturated rings. The molecular formula is C15H17N7O3. The number of nitrogens with zero attached hydrogens (tertiary/aromatic N) is 5. The van der Waals surface area contributed by atoms with E-state index in [-0.39, 0.29) is 17.6 Å². The molecule has 0 saturated carbocycles. The molecule has 10 heteroatoms. The fourth-order valence-electron chi connectivity index (χ4n) is 2.46. The van der Waals surface area contributed by atoms with Gasteiger partial charge in [0.15, 0.2) is 29.1 Å². The van der Waals surface area contributed by atoms with Crippen LogP contribution in [0.3, 0.4) is 0 Å². The predicted octanol–water partition coefficient (Wildman–Crippen LogP) is 1.46. The van der Waals surface area contributed by atoms with Crippen molar-refractivity contribution in [2.45, 2.75) is 25.8 Å². The van der Waals surface area contributed by atoms with E-state index in [0.29, 0.717) is 29.6 Å². The Kier molecular flexibility index (Phi) is 4.33. The highest BCUT2D eigenvalue weighted by molar-refractivity contribution is 5.99. The van der Waals surface area contributed by atoms with Crippen LogP contribution in [0.1, 0.15) is 31.6 Å². The van der Waals surface area contributed by atoms with Crippen molar-refractivity contribution in [1.82, 2.24) is 19.7 Å². The molecule has 10 nitrogen and oxygen atoms in total. The number of fused-ring (bicyclic) bond motifs is 1. The normalized spacial score (nSPS) is 13.2. The maximum atomic E-state index is 11.5. The number of aromatic nitrogens is 4. The lowest BCUT2D eigenvalue weighted by Crippen LogP contribution is -2.20. The van der Waals surface area contributed by atoms with Crippen molar-refractivity contribution in [2.24, 2.45) is 10.7 Å². The van der Waals surface area contributed by atoms with Crippen LogP contribution >= 0.6 is 0 Å². The first kappa shape index (κ1) is 16.4. The van der Waals surface area contributed by atoms with E-state index >= 15 is 0 Å². The average molecular weight is 343 g/mol. The van der Waals surface area contributed by atoms with Crippen LogP contribution in [0.4, 0.5) is 11.8 Å². The van der Waals surface area contributed by atoms with Crippen molar-refractivity contribution in [3.8, 4) is 0 Å². The fourth-order valence-corrected chi connectivity index (χ4v) is 2.46. The summed E-state index contributed by atoms with van der Waals surface area (Å²) in [6, 6.07) is 2.49. The maximum absolute atomic E-state index is 11.5. The number of nitrogens with two attached hydrogens (primary N) is 2. The van der Waals surface area contributed by atoms with E-state index in [1.165, 1.54) is 17.1 Å². The minimum Gasteiger partial charge on any atom is -0.480 e. The molecule has 0 radical (unpaired) electrons. The Labute approximate surface area is 142 Å². The van der Waals surface area contributed by atoms with Gasteiger partial charge in [-0.3, -0.25) is 0 Å². The number of hydrogen-bond acceptors (Lipinski definition) is 7. The summed E-state index contributed by atoms with van der Waals surface area (Å²) in [5.41, 5.74) is 12.0. The SMILES string of the molecule is CCCC(C(=O)O)n1ncc2c(N=C(N)c3ccco3)nc(N)nc21. The Hall–Kier alpha value is -3.43. The number of carboxylic acid groups (broad SMARTS) is 1. The molecule has 3 aromatic heterocycles. The molecule has 0 aliphatic heterocycles. The smallest absolute Gasteiger partial charge is 0.328 e. The lowest BCUT2D eigenvalue weighted by atomic mass is 10.2. The summed E-state index contributed by atoms with van der Waals surface area (Å²) in [6.45, 7) is 1.89. The van der Waals surface area contributed by atoms with Crippen molar-refractivity contribution < 1.29 is 14.3 Å². The van der Waals surface area contributed by atoms with E-state index < -0.39 is 12.0 Å². The average Bonchev–Trinajstić information content (AvgIpc) is 3.22. The molecule has 0 amide bonds. The van der Waals surface area contributed by atoms with Crippen LogP contribution in [-0.4, -0.2) is 36.7 Å². The third-order valence-electron chi connectivity index (χ3n) is 3.59. The summed E-state index contributed by atoms with van der Waals surface area (Å²) >= 11 is 0. The van der Waals surface area contributed by atoms with Crippen molar-refractivity contribution in [3.63, 3.8) is 0 Å². The van der Waals surface area contributed by atoms with E-state index in [1.807, 2.05) is 6.92 Å². The van der Waals surface area contributed by atoms with Gasteiger partial charge in [-0.1, -0.05) is 13.3 Å². The molecule has 0 aromatic carbocycles. The van der Waals surface area contributed by atoms with Gasteiger partial charge < -0.3 is 21.0 Å². The van der Waals surface area contributed by atoms with Gasteiger partial charge in [-0.15, -0.1) is 0 Å². The number of hydrogen-bond donors (Lipinski definition) is 3. The van der Waals surface area contributed by atoms with Crippen LogP contribution in [0.15, 0.2) is 34.0 Å². The number of rotatable bonds is 6. The first-order valence-corrected chi connectivity index (χ1v) is 7.62. The highest BCUT2D eigenvalue weighted by atomic mass is 16.4. The molecular weight excluding hydrogens is 326 g/mol. The topological polar surface area (TPSA) is 158 Å². The Morgan fingerprint density at radius 2 is 2.28 bits per heavy atom. The van der Waals surface area contributed by atoms with Crippen LogP contribution in [-0.2, 0) is 4.79 Å². The number of carboxylic acids is 1. The van der Waals surface area contributed by atoms with Crippen molar-refractivity contribution in [1.29, 1.82) is 0 Å². The van der Waals surface area contributed by atoms with Crippen molar-refractivity contribution in [2.75, 3.05) is 5.73 Å². The zero-order valence-electron chi connectivity index (χ0n) is 13.5. The van der Waals surface area contributed by atoms with Gasteiger partial charge in [0.1, 0.15) is 0 Å². The van der Waals surface area contributed by atoms with Crippen LogP contribution in [0, 0.1) is 0 Å². The summed E-state index contributed by atoms with van der Waals surface area (Å²) in [6.07, 6.45) is 4.01. The van der Waals surface area contributed by atoms with Gasteiger partial charge in [0.2, 0.25) is 5.95 Å². The third-order valence-corrected chi connectivity index (χ3v) is 3.59. The minimum absolute atomic E-state index is 0.0547. The Balaban J connectivity index is 2.13. The maximum Gasteiger partial charge on any atom is 0.328 e. The second kappa shape index (κ2) is 6.59. The van der Waals surface area contributed by atoms with Gasteiger partial charge in [-0.25, -0.2) is 14.5 Å². The summed E-state index contributed by atoms with van der Waals surface area (Å²) in [7, 11) is 0. The number of anilines is 1. The summed E-state index contributed by atoms with van der Waals surface area (Å²) in [5, 5.41) is 14.1. The van der Waals surface area contributed by atoms with Crippen LogP contribution in [0.5, 0.6) is 0 Å². The quantitative estimate of drug-likeness (QED) is 0.448. The van der Waals surface area contributed by atoms with Crippen molar-refractivity contribution in [3.05, 3.63) is 30.4 Å². The molecule has 3 heterocycles. The van der Waals surface area contributed by atoms with Gasteiger partial charge >= 0.3 is 5.97 Å². The molecule has 1 unspecified atom stereocenters. The highest BCUT2D eigenvalue weighted by Crippen LogP contribution is 2.27. The molecule has 5 N–H and O–H groups in total. The molecule has 0 saturated heterocycles. The van der Waals surface area contributed by atoms with E-state index in [1.54, 1.807) is 12.1 Å². The molecule has 25 heavy (non-hydrogen) atoms. The number of nitrogen functional groups attached to an aromatic ring is 1. The Morgan fingerprint density at radius 1 is 1.48 bits per heavy atom. The molecule has 0 aliphatic carbocycles. The predicted molar refractivity (Wildman–Crippen MR) is 90.4 cm³/mol. The molecule has 0 spiro atoms. The molecule has 3 rings (SSSR count). The van der Waals surface area contributed by atoms with E-state index in [4.69, 9.17) is 15.9 Å². The molecule has 0 aliphatic rings. The zero-order chi connectivity index (χ0) is 18.0. The number of aliphatic carboxylic acids is 1. The monoisotopic (exact) mass is 343 g/mol. The third kappa shape index (κ3) is 3.13. The summed E-state index contributed by atoms with van der Waals surface area (Å²) < 4.78 is 6.51. The standard InChI is InChI=1S/C15H17N7O3/c1-2-4-9(14(23)24)22-13-8(7-18-22)12(20-15(17)21-13)19-11(16)10-5-3-6-25-10/h3,5-7,9H,2,4H2,1H3,(H,23,24)(H4,16,17,19,20,21). The first-order chi connectivity index (χ1) is 12.0. The minimum atomic E-state index is -0.996. The molecule has 3 aromatic rings. The summed E-state index contributed by atoms with van der Waals surface area (Å²) in [5.74, 6) is -0.360. The number of furan rings is 1. The van der Waals surface area contributed by atoms with Crippen LogP contribution in [0.25, 0.3) is 11.0 Å². The largest absolute Gasteiger partial charge is 0.480 e. The summed E-state index contributed by atoms with van der Waals surface area (Å²) in [4.78, 5) is 24.0. The van der Waals surface area contributed by atoms with E-state index in [0.717, 1.165) is 0 Å². The molecule has 130 valence electrons. The van der Waals surface area contributed by atoms with Crippen LogP contribution < -0.4 is 11.5 Å². The van der Waals surface area contributed by atoms with Gasteiger partial charge in [0, 0.05) is 0 Å². The number of carbonyl (C=O) groups is 1. The van der Waals surface area contributed by atoms with E-state index in [2.05, 4.69) is 20.1 Å². The first-order valence-electron chi connectivity index (χ1n) is 7.62. The Morgan fingerprint density at radius 3 is 2.92 bits per heavy atom. The van der Waals surface area contributed by atoms with Crippen LogP contribution in [0.2, 0.25) is 0 Å². The molecule has 1 atom stereocenters. The molecule has 0 bridgehead atoms. The van der Waals surface area contributed by atoms with Crippen molar-refractivity contribution >= 4 is 34.6 Å². The van der Waals surface area contributed by atoms with Gasteiger partial charge in [0.05, 0.1) is 17.8 Å². The fraction of sp³-hybridized carbons (Fsp3) is 0.267.